The van der Waals surface area contributed by atoms with E-state index in [1.54, 1.807) is 0 Å². The van der Waals surface area contributed by atoms with E-state index >= 15 is 0 Å². The van der Waals surface area contributed by atoms with E-state index in [4.69, 9.17) is 51.7 Å². The van der Waals surface area contributed by atoms with Crippen molar-refractivity contribution >= 4 is 60.1 Å². The molecule has 0 aromatic rings. The molecule has 25 atom stereocenters. The second-order valence-electron chi connectivity index (χ2n) is 17.5. The van der Waals surface area contributed by atoms with Crippen LogP contribution in [0.4, 0.5) is 0 Å². The molecule has 6 N–H and O–H groups in total. The van der Waals surface area contributed by atoms with E-state index in [9.17, 15) is 97.7 Å². The van der Waals surface area contributed by atoms with Crippen LogP contribution in [0.5, 0.6) is 0 Å². The topological polar surface area (TPSA) is 569 Å². The van der Waals surface area contributed by atoms with E-state index in [-0.39, 0.29) is 0 Å². The first-order chi connectivity index (χ1) is 35.0. The largest absolute Gasteiger partial charge is 0.726 e. The van der Waals surface area contributed by atoms with E-state index in [1.807, 2.05) is 0 Å². The van der Waals surface area contributed by atoms with Gasteiger partial charge in [0.25, 0.3) is 0 Å². The summed E-state index contributed by atoms with van der Waals surface area (Å²) in [5.41, 5.74) is 0. The lowest BCUT2D eigenvalue weighted by molar-refractivity contribution is -0.808. The Balaban J connectivity index is 0.00000616. The van der Waals surface area contributed by atoms with Crippen molar-refractivity contribution in [1.82, 2.24) is 0 Å². The van der Waals surface area contributed by atoms with Crippen molar-refractivity contribution in [3.8, 4) is 0 Å². The molecule has 37 nitrogen and oxygen atoms in total. The normalized spacial score (nSPS) is 42.9. The molecule has 5 fully saturated rings. The van der Waals surface area contributed by atoms with Crippen LogP contribution in [0.3, 0.4) is 0 Å². The number of aliphatic carboxylic acids is 1. The highest BCUT2D eigenvalue weighted by molar-refractivity contribution is 7.81. The fourth-order valence-corrected chi connectivity index (χ4v) is 9.89. The Morgan fingerprint density at radius 2 is 0.934 bits per heavy atom. The van der Waals surface area contributed by atoms with E-state index in [0.717, 1.165) is 20.8 Å². The van der Waals surface area contributed by atoms with Crippen molar-refractivity contribution in [2.75, 3.05) is 19.8 Å². The highest BCUT2D eigenvalue weighted by atomic mass is 32.3. The molecule has 0 aromatic heterocycles. The lowest BCUT2D eigenvalue weighted by Gasteiger charge is -2.51. The lowest BCUT2D eigenvalue weighted by atomic mass is 9.88. The zero-order valence-corrected chi connectivity index (χ0v) is 43.5. The van der Waals surface area contributed by atoms with Crippen LogP contribution in [0.25, 0.3) is 0 Å². The highest BCUT2D eigenvalue weighted by Crippen LogP contribution is 2.39. The van der Waals surface area contributed by atoms with Crippen molar-refractivity contribution in [3.63, 3.8) is 0 Å². The van der Waals surface area contributed by atoms with Crippen LogP contribution in [-0.2, 0) is 128 Å². The Hall–Kier alpha value is -1.75. The molecule has 5 aliphatic rings. The highest BCUT2D eigenvalue weighted by Gasteiger charge is 2.57. The molecular weight excluding hydrogens is 1160 g/mol. The summed E-state index contributed by atoms with van der Waals surface area (Å²) in [4.78, 5) is 17.3. The Morgan fingerprint density at radius 1 is 0.461 bits per heavy atom. The van der Waals surface area contributed by atoms with Gasteiger partial charge in [0, 0.05) is 17.8 Å². The fourth-order valence-electron chi connectivity index (χ4n) is 8.51. The molecule has 42 heteroatoms. The van der Waals surface area contributed by atoms with Gasteiger partial charge in [0.15, 0.2) is 43.8 Å². The Bertz CT molecular complexity index is 2330. The number of aliphatic hydroxyl groups excluding tert-OH is 6. The van der Waals surface area contributed by atoms with Crippen LogP contribution in [0.1, 0.15) is 34.6 Å². The fraction of sp³-hybridized carbons (Fsp3) is 0.971. The number of carbonyl (C=O) groups is 1. The predicted octanol–water partition coefficient (Wildman–Crippen LogP) is -10.4. The molecule has 5 heterocycles. The molecule has 76 heavy (non-hydrogen) atoms. The standard InChI is InChI=1S/C34H58O36S4.OS/c1-9-12(4)59-15(7-57-72(47,48)49)25(18(9)36)64-34-28(69-74(53,54)55)22(40)24(13(5)60-34)63-32-11(3)23(68-70-43)26(16(62-32)8-58-73(50,51)52)65-33-21(39)20(38)27(29(67-33)30(41)42)66-31-10(2)17(35)19(37)14(61-31)6-56-71(44,45)46;1-2/h9-29,31-40,43H,6-8H2,1-5H3,(H,41,42)(H,44,45,46)(H,47,48,49)(H,50,51,52)(H,53,54,55);/p-6/t9?,10?,11?,12-,13+,14?,15?,16?,17-,18-,19-,20-,21?,22?,23-,24-,25-,26-,27+,28?,29?,31-,32-,33-,34+;/m1./s1. The third-order valence-corrected chi connectivity index (χ3v) is 14.3. The van der Waals surface area contributed by atoms with Crippen LogP contribution in [0.2, 0.25) is 0 Å². The third-order valence-electron chi connectivity index (χ3n) is 12.5. The molecule has 0 bridgehead atoms. The van der Waals surface area contributed by atoms with Crippen molar-refractivity contribution < 1.29 is 171 Å². The van der Waals surface area contributed by atoms with E-state index in [0.29, 0.717) is 0 Å². The van der Waals surface area contributed by atoms with Gasteiger partial charge >= 0.3 is 0 Å². The maximum absolute atomic E-state index is 12.5. The number of carboxylic acids is 1. The average molecular weight is 1210 g/mol. The van der Waals surface area contributed by atoms with Crippen molar-refractivity contribution in [2.24, 2.45) is 17.8 Å². The summed E-state index contributed by atoms with van der Waals surface area (Å²) in [7, 11) is -22.3. The van der Waals surface area contributed by atoms with Gasteiger partial charge in [-0.3, -0.25) is 21.8 Å². The summed E-state index contributed by atoms with van der Waals surface area (Å²) in [6.45, 7) is 2.58. The molecule has 0 saturated carbocycles. The summed E-state index contributed by atoms with van der Waals surface area (Å²) in [5.74, 6) is -5.99. The lowest BCUT2D eigenvalue weighted by Crippen LogP contribution is -2.67. The number of carbonyl (C=O) groups excluding carboxylic acids is 1. The number of ether oxygens (including phenoxy) is 9. The van der Waals surface area contributed by atoms with Gasteiger partial charge in [-0.25, -0.2) is 38.6 Å². The quantitative estimate of drug-likeness (QED) is 0.0254. The second-order valence-corrected chi connectivity index (χ2v) is 21.7. The number of carboxylic acid groups (broad SMARTS) is 1. The Kier molecular flexibility index (Phi) is 24.0. The first kappa shape index (κ1) is 66.8. The average Bonchev–Trinajstić information content (AvgIpc) is 3.31. The van der Waals surface area contributed by atoms with Gasteiger partial charge in [-0.1, -0.05) is 20.8 Å². The summed E-state index contributed by atoms with van der Waals surface area (Å²) >= 11 is 2.83. The summed E-state index contributed by atoms with van der Waals surface area (Å²) in [5, 5.41) is 93.8. The maximum atomic E-state index is 12.5. The van der Waals surface area contributed by atoms with Crippen LogP contribution in [0, 0.1) is 17.8 Å². The summed E-state index contributed by atoms with van der Waals surface area (Å²) in [6, 6.07) is 0. The molecule has 10 unspecified atom stereocenters. The third kappa shape index (κ3) is 17.6. The monoisotopic (exact) mass is 1210 g/mol. The summed E-state index contributed by atoms with van der Waals surface area (Å²) < 4.78 is 214. The molecule has 0 amide bonds. The Labute approximate surface area is 437 Å². The van der Waals surface area contributed by atoms with Crippen LogP contribution >= 0.6 is 0 Å². The Morgan fingerprint density at radius 3 is 1.45 bits per heavy atom. The molecule has 0 aromatic carbocycles. The molecule has 446 valence electrons. The maximum Gasteiger partial charge on any atom is 0.218 e. The summed E-state index contributed by atoms with van der Waals surface area (Å²) in [6.07, 6.45) is -44.6. The molecular formula is C34H52O37S5-6. The zero-order chi connectivity index (χ0) is 57.7. The van der Waals surface area contributed by atoms with Gasteiger partial charge in [0.2, 0.25) is 41.6 Å². The van der Waals surface area contributed by atoms with Gasteiger partial charge in [-0.05, 0) is 13.8 Å². The first-order valence-electron chi connectivity index (χ1n) is 21.8. The molecule has 0 spiro atoms. The van der Waals surface area contributed by atoms with Crippen LogP contribution < -0.4 is 10.4 Å². The van der Waals surface area contributed by atoms with Gasteiger partial charge in [-0.2, -0.15) is 4.21 Å². The first-order valence-corrected chi connectivity index (χ1v) is 27.4. The second kappa shape index (κ2) is 27.3. The number of hydrogen-bond donors (Lipinski definition) is 6. The number of rotatable bonds is 22. The number of hydrogen-bond acceptors (Lipinski definition) is 38. The minimum atomic E-state index is -5.85. The van der Waals surface area contributed by atoms with Crippen LogP contribution in [0.15, 0.2) is 0 Å². The van der Waals surface area contributed by atoms with Crippen molar-refractivity contribution in [1.29, 1.82) is 0 Å². The molecule has 0 radical (unpaired) electrons. The minimum Gasteiger partial charge on any atom is -0.726 e. The molecule has 5 aliphatic heterocycles. The predicted molar refractivity (Wildman–Crippen MR) is 218 cm³/mol. The number of aliphatic hydroxyl groups is 6. The van der Waals surface area contributed by atoms with E-state index in [2.05, 4.69) is 34.3 Å². The van der Waals surface area contributed by atoms with Gasteiger partial charge < -0.3 is 107 Å². The van der Waals surface area contributed by atoms with Crippen molar-refractivity contribution in [2.45, 2.75) is 170 Å². The zero-order valence-electron chi connectivity index (χ0n) is 39.4. The molecule has 0 aliphatic carbocycles. The van der Waals surface area contributed by atoms with Crippen LogP contribution in [-0.4, -0.2) is 248 Å². The minimum absolute atomic E-state index is 0.832. The smallest absolute Gasteiger partial charge is 0.218 e. The van der Waals surface area contributed by atoms with E-state index < -0.39 is 220 Å². The van der Waals surface area contributed by atoms with E-state index in [1.165, 1.54) is 13.8 Å². The van der Waals surface area contributed by atoms with Gasteiger partial charge in [-0.15, -0.1) is 0 Å². The molecule has 5 saturated heterocycles. The SMILES string of the molecule is CC1[C@@H](O[C@@H]2C(C(=O)[O-])O[C@@H](O[C@@H]3C(COS(=O)(=O)[O-])O[C@H](O[C@H]4C(O)C(OS(=O)(=O)[O-])[C@H](O[C@@H]5C(COS(=O)(=O)[O-])O[C@H](C)C(C)[C@H]5O)O[C@H]4C)C(C)[C@H]3OO[O-])C(O)[C@H]2O)OC(COS(=O)(=O)[O-])[C@@H](O)[C@@H]1O.O=S. The van der Waals surface area contributed by atoms with Gasteiger partial charge in [0.1, 0.15) is 79.4 Å². The van der Waals surface area contributed by atoms with Crippen molar-refractivity contribution in [3.05, 3.63) is 0 Å². The molecule has 5 rings (SSSR count). The van der Waals surface area contributed by atoms with Gasteiger partial charge in [0.05, 0.1) is 50.2 Å².